The van der Waals surface area contributed by atoms with Crippen LogP contribution in [0.4, 0.5) is 5.69 Å². The van der Waals surface area contributed by atoms with E-state index in [0.29, 0.717) is 24.6 Å². The minimum Gasteiger partial charge on any atom is -0.493 e. The lowest BCUT2D eigenvalue weighted by atomic mass is 10.1. The van der Waals surface area contributed by atoms with Crippen molar-refractivity contribution in [1.29, 1.82) is 0 Å². The Labute approximate surface area is 247 Å². The number of anilines is 1. The molecule has 3 aromatic carbocycles. The topological polar surface area (TPSA) is 66.2 Å². The van der Waals surface area contributed by atoms with Crippen LogP contribution >= 0.6 is 11.6 Å². The fourth-order valence-corrected chi connectivity index (χ4v) is 5.82. The number of methoxy groups -OCH3 is 2. The molecule has 1 aliphatic rings. The van der Waals surface area contributed by atoms with Gasteiger partial charge in [-0.05, 0) is 36.2 Å². The summed E-state index contributed by atoms with van der Waals surface area (Å²) in [6, 6.07) is 20.5. The van der Waals surface area contributed by atoms with E-state index in [-0.39, 0.29) is 6.61 Å². The summed E-state index contributed by atoms with van der Waals surface area (Å²) in [7, 11) is 3.32. The van der Waals surface area contributed by atoms with Gasteiger partial charge in [0.1, 0.15) is 0 Å². The molecule has 0 unspecified atom stereocenters. The molecule has 0 amide bonds. The molecule has 4 aromatic rings. The normalized spacial score (nSPS) is 14.2. The number of piperazine rings is 1. The largest absolute Gasteiger partial charge is 0.493 e. The van der Waals surface area contributed by atoms with E-state index >= 15 is 0 Å². The van der Waals surface area contributed by atoms with Gasteiger partial charge in [-0.3, -0.25) is 14.5 Å². The van der Waals surface area contributed by atoms with Gasteiger partial charge in [0.25, 0.3) is 0 Å². The highest BCUT2D eigenvalue weighted by Crippen LogP contribution is 2.34. The summed E-state index contributed by atoms with van der Waals surface area (Å²) in [5.74, 6) is 1.37. The van der Waals surface area contributed by atoms with Gasteiger partial charge in [0.15, 0.2) is 11.5 Å². The molecule has 9 heteroatoms. The second kappa shape index (κ2) is 13.6. The van der Waals surface area contributed by atoms with Crippen LogP contribution in [0, 0.1) is 6.92 Å². The van der Waals surface area contributed by atoms with Crippen molar-refractivity contribution in [3.63, 3.8) is 0 Å². The van der Waals surface area contributed by atoms with E-state index < -0.39 is 0 Å². The smallest absolute Gasteiger partial charge is 0.162 e. The molecule has 1 saturated heterocycles. The Morgan fingerprint density at radius 3 is 2.34 bits per heavy atom. The Balaban J connectivity index is 1.33. The number of halogens is 1. The number of aliphatic hydroxyl groups is 1. The Bertz CT molecular complexity index is 1440. The predicted molar refractivity (Wildman–Crippen MR) is 165 cm³/mol. The second-order valence-electron chi connectivity index (χ2n) is 10.5. The number of ether oxygens (including phenoxy) is 2. The average Bonchev–Trinajstić information content (AvgIpc) is 3.33. The standard InChI is InChI=1S/C32H40ClN5O3/c1-24-27(33)10-7-11-29(24)37-15-12-35(13-16-37)14-17-38-30-21-32(41-3)31(40-2)20-26(30)28(34-38)23-36(18-19-39)22-25-8-5-4-6-9-25/h4-11,20-21,39H,12-19,22-23H2,1-3H3. The van der Waals surface area contributed by atoms with Gasteiger partial charge in [0.2, 0.25) is 0 Å². The first kappa shape index (κ1) is 29.2. The molecule has 0 bridgehead atoms. The molecule has 0 atom stereocenters. The van der Waals surface area contributed by atoms with Crippen molar-refractivity contribution >= 4 is 28.2 Å². The maximum atomic E-state index is 9.79. The molecule has 41 heavy (non-hydrogen) atoms. The summed E-state index contributed by atoms with van der Waals surface area (Å²) in [6.45, 7) is 9.65. The lowest BCUT2D eigenvalue weighted by Crippen LogP contribution is -2.47. The molecule has 8 nitrogen and oxygen atoms in total. The van der Waals surface area contributed by atoms with Gasteiger partial charge in [0, 0.05) is 74.5 Å². The van der Waals surface area contributed by atoms with Crippen LogP contribution in [0.2, 0.25) is 5.02 Å². The summed E-state index contributed by atoms with van der Waals surface area (Å²) in [5.41, 5.74) is 5.56. The number of aliphatic hydroxyl groups excluding tert-OH is 1. The van der Waals surface area contributed by atoms with Crippen LogP contribution < -0.4 is 14.4 Å². The zero-order chi connectivity index (χ0) is 28.8. The fourth-order valence-electron chi connectivity index (χ4n) is 5.65. The van der Waals surface area contributed by atoms with E-state index in [1.807, 2.05) is 42.5 Å². The summed E-state index contributed by atoms with van der Waals surface area (Å²) >= 11 is 6.38. The van der Waals surface area contributed by atoms with Crippen LogP contribution in [-0.2, 0) is 19.6 Å². The Morgan fingerprint density at radius 2 is 1.63 bits per heavy atom. The highest BCUT2D eigenvalue weighted by atomic mass is 35.5. The molecule has 5 rings (SSSR count). The third kappa shape index (κ3) is 6.79. The Kier molecular flexibility index (Phi) is 9.67. The molecule has 1 aromatic heterocycles. The van der Waals surface area contributed by atoms with Crippen LogP contribution in [0.15, 0.2) is 60.7 Å². The third-order valence-electron chi connectivity index (χ3n) is 7.95. The van der Waals surface area contributed by atoms with Crippen LogP contribution in [-0.4, -0.2) is 84.8 Å². The highest BCUT2D eigenvalue weighted by Gasteiger charge is 2.21. The maximum Gasteiger partial charge on any atom is 0.162 e. The van der Waals surface area contributed by atoms with Gasteiger partial charge < -0.3 is 19.5 Å². The Morgan fingerprint density at radius 1 is 0.902 bits per heavy atom. The average molecular weight is 578 g/mol. The number of nitrogens with zero attached hydrogens (tertiary/aromatic N) is 5. The summed E-state index contributed by atoms with van der Waals surface area (Å²) in [4.78, 5) is 7.16. The van der Waals surface area contributed by atoms with Crippen LogP contribution in [0.3, 0.4) is 0 Å². The van der Waals surface area contributed by atoms with E-state index in [1.54, 1.807) is 14.2 Å². The minimum atomic E-state index is 0.0866. The van der Waals surface area contributed by atoms with Crippen LogP contribution in [0.5, 0.6) is 11.5 Å². The van der Waals surface area contributed by atoms with Gasteiger partial charge >= 0.3 is 0 Å². The SMILES string of the molecule is COc1cc2c(CN(CCO)Cc3ccccc3)nn(CCN3CCN(c4cccc(Cl)c4C)CC3)c2cc1OC. The lowest BCUT2D eigenvalue weighted by molar-refractivity contribution is 0.182. The van der Waals surface area contributed by atoms with Gasteiger partial charge in [0.05, 0.1) is 38.6 Å². The first-order chi connectivity index (χ1) is 20.0. The van der Waals surface area contributed by atoms with E-state index in [9.17, 15) is 5.11 Å². The third-order valence-corrected chi connectivity index (χ3v) is 8.36. The summed E-state index contributed by atoms with van der Waals surface area (Å²) in [5, 5.41) is 16.8. The predicted octanol–water partition coefficient (Wildman–Crippen LogP) is 4.83. The zero-order valence-corrected chi connectivity index (χ0v) is 25.0. The number of rotatable bonds is 12. The van der Waals surface area contributed by atoms with Crippen molar-refractivity contribution < 1.29 is 14.6 Å². The highest BCUT2D eigenvalue weighted by molar-refractivity contribution is 6.31. The van der Waals surface area contributed by atoms with E-state index in [4.69, 9.17) is 26.2 Å². The lowest BCUT2D eigenvalue weighted by Gasteiger charge is -2.37. The van der Waals surface area contributed by atoms with Crippen molar-refractivity contribution in [2.75, 3.05) is 65.0 Å². The summed E-state index contributed by atoms with van der Waals surface area (Å²) < 4.78 is 13.4. The van der Waals surface area contributed by atoms with E-state index in [1.165, 1.54) is 11.3 Å². The molecule has 0 radical (unpaired) electrons. The second-order valence-corrected chi connectivity index (χ2v) is 10.9. The number of fused-ring (bicyclic) bond motifs is 1. The molecule has 2 heterocycles. The summed E-state index contributed by atoms with van der Waals surface area (Å²) in [6.07, 6.45) is 0. The number of aromatic nitrogens is 2. The van der Waals surface area contributed by atoms with Crippen molar-refractivity contribution in [2.24, 2.45) is 0 Å². The van der Waals surface area contributed by atoms with Crippen molar-refractivity contribution in [1.82, 2.24) is 19.6 Å². The molecule has 1 aliphatic heterocycles. The van der Waals surface area contributed by atoms with E-state index in [2.05, 4.69) is 44.5 Å². The molecule has 1 N–H and O–H groups in total. The van der Waals surface area contributed by atoms with E-state index in [0.717, 1.165) is 73.0 Å². The van der Waals surface area contributed by atoms with Crippen molar-refractivity contribution in [3.05, 3.63) is 82.5 Å². The first-order valence-corrected chi connectivity index (χ1v) is 14.6. The molecular formula is C32H40ClN5O3. The van der Waals surface area contributed by atoms with Gasteiger partial charge in [-0.1, -0.05) is 48.0 Å². The van der Waals surface area contributed by atoms with Gasteiger partial charge in [-0.2, -0.15) is 5.10 Å². The molecule has 1 fully saturated rings. The first-order valence-electron chi connectivity index (χ1n) is 14.2. The van der Waals surface area contributed by atoms with Gasteiger partial charge in [-0.15, -0.1) is 0 Å². The Hall–Kier alpha value is -3.30. The molecule has 0 spiro atoms. The van der Waals surface area contributed by atoms with Crippen molar-refractivity contribution in [3.8, 4) is 11.5 Å². The number of benzene rings is 3. The van der Waals surface area contributed by atoms with Crippen molar-refractivity contribution in [2.45, 2.75) is 26.6 Å². The van der Waals surface area contributed by atoms with Crippen LogP contribution in [0.1, 0.15) is 16.8 Å². The quantitative estimate of drug-likeness (QED) is 0.259. The molecule has 218 valence electrons. The maximum absolute atomic E-state index is 9.79. The molecule has 0 aliphatic carbocycles. The number of hydrogen-bond donors (Lipinski definition) is 1. The monoisotopic (exact) mass is 577 g/mol. The fraction of sp³-hybridized carbons (Fsp3) is 0.406. The number of hydrogen-bond acceptors (Lipinski definition) is 7. The van der Waals surface area contributed by atoms with Gasteiger partial charge in [-0.25, -0.2) is 0 Å². The molecule has 0 saturated carbocycles. The zero-order valence-electron chi connectivity index (χ0n) is 24.2. The minimum absolute atomic E-state index is 0.0866. The van der Waals surface area contributed by atoms with Crippen LogP contribution in [0.25, 0.3) is 10.9 Å². The molecular weight excluding hydrogens is 538 g/mol.